The molecule has 0 aromatic heterocycles. The Labute approximate surface area is 163 Å². The zero-order chi connectivity index (χ0) is 20.1. The summed E-state index contributed by atoms with van der Waals surface area (Å²) in [7, 11) is 1.64. The summed E-state index contributed by atoms with van der Waals surface area (Å²) in [5.74, 6) is -0.432. The second-order valence-electron chi connectivity index (χ2n) is 6.83. The second-order valence-corrected chi connectivity index (χ2v) is 6.83. The van der Waals surface area contributed by atoms with Crippen LogP contribution in [0.25, 0.3) is 0 Å². The number of rotatable bonds is 6. The van der Waals surface area contributed by atoms with E-state index in [-0.39, 0.29) is 18.5 Å². The summed E-state index contributed by atoms with van der Waals surface area (Å²) in [5, 5.41) is 3.03. The van der Waals surface area contributed by atoms with E-state index >= 15 is 0 Å². The summed E-state index contributed by atoms with van der Waals surface area (Å²) in [4.78, 5) is 16.5. The number of piperazine rings is 1. The monoisotopic (exact) mass is 389 g/mol. The van der Waals surface area contributed by atoms with E-state index in [9.17, 15) is 13.6 Å². The highest BCUT2D eigenvalue weighted by atomic mass is 19.1. The second kappa shape index (κ2) is 9.01. The minimum Gasteiger partial charge on any atom is -0.497 e. The van der Waals surface area contributed by atoms with Crippen molar-refractivity contribution in [2.24, 2.45) is 0 Å². The first-order chi connectivity index (χ1) is 13.5. The van der Waals surface area contributed by atoms with E-state index in [4.69, 9.17) is 4.74 Å². The van der Waals surface area contributed by atoms with Gasteiger partial charge in [-0.25, -0.2) is 8.78 Å². The molecule has 2 aromatic carbocycles. The number of amides is 1. The molecule has 0 spiro atoms. The molecule has 0 unspecified atom stereocenters. The number of hydrogen-bond acceptors (Lipinski definition) is 4. The third kappa shape index (κ3) is 4.78. The Morgan fingerprint density at radius 1 is 1.11 bits per heavy atom. The molecule has 0 aliphatic carbocycles. The molecule has 1 aliphatic heterocycles. The number of ether oxygens (including phenoxy) is 1. The molecule has 1 N–H and O–H groups in total. The van der Waals surface area contributed by atoms with Crippen LogP contribution in [0.2, 0.25) is 0 Å². The van der Waals surface area contributed by atoms with E-state index in [0.29, 0.717) is 18.7 Å². The van der Waals surface area contributed by atoms with E-state index in [2.05, 4.69) is 10.2 Å². The van der Waals surface area contributed by atoms with E-state index in [1.807, 2.05) is 24.3 Å². The molecule has 1 fully saturated rings. The maximum atomic E-state index is 13.8. The molecule has 7 heteroatoms. The average Bonchev–Trinajstić information content (AvgIpc) is 2.72. The third-order valence-corrected chi connectivity index (χ3v) is 5.06. The summed E-state index contributed by atoms with van der Waals surface area (Å²) < 4.78 is 32.0. The minimum absolute atomic E-state index is 0.0243. The van der Waals surface area contributed by atoms with Gasteiger partial charge in [-0.2, -0.15) is 0 Å². The molecule has 3 rings (SSSR count). The van der Waals surface area contributed by atoms with Gasteiger partial charge < -0.3 is 19.9 Å². The van der Waals surface area contributed by atoms with E-state index in [1.165, 1.54) is 12.1 Å². The molecule has 0 bridgehead atoms. The molecule has 1 heterocycles. The normalized spacial score (nSPS) is 15.4. The van der Waals surface area contributed by atoms with Gasteiger partial charge in [0.25, 0.3) is 0 Å². The number of nitrogens with one attached hydrogen (secondary N) is 1. The predicted molar refractivity (Wildman–Crippen MR) is 105 cm³/mol. The van der Waals surface area contributed by atoms with E-state index in [1.54, 1.807) is 18.9 Å². The summed E-state index contributed by atoms with van der Waals surface area (Å²) in [6, 6.07) is 11.0. The van der Waals surface area contributed by atoms with Crippen molar-refractivity contribution in [3.05, 3.63) is 59.7 Å². The lowest BCUT2D eigenvalue weighted by molar-refractivity contribution is -0.130. The molecule has 1 amide bonds. The fourth-order valence-corrected chi connectivity index (χ4v) is 3.32. The van der Waals surface area contributed by atoms with Crippen LogP contribution in [0.1, 0.15) is 18.5 Å². The first-order valence-corrected chi connectivity index (χ1v) is 9.33. The quantitative estimate of drug-likeness (QED) is 0.825. The molecule has 1 aliphatic rings. The number of methoxy groups -OCH3 is 1. The fourth-order valence-electron chi connectivity index (χ4n) is 3.32. The Bertz CT molecular complexity index is 806. The largest absolute Gasteiger partial charge is 0.497 e. The van der Waals surface area contributed by atoms with Gasteiger partial charge in [0.2, 0.25) is 5.91 Å². The molecule has 1 saturated heterocycles. The highest BCUT2D eigenvalue weighted by Crippen LogP contribution is 2.21. The molecule has 2 aromatic rings. The first-order valence-electron chi connectivity index (χ1n) is 9.33. The van der Waals surface area contributed by atoms with Crippen LogP contribution in [0.4, 0.5) is 14.5 Å². The van der Waals surface area contributed by atoms with Crippen LogP contribution in [0.3, 0.4) is 0 Å². The van der Waals surface area contributed by atoms with Gasteiger partial charge in [-0.3, -0.25) is 4.79 Å². The summed E-state index contributed by atoms with van der Waals surface area (Å²) >= 11 is 0. The standard InChI is InChI=1S/C21H25F2N3O2/c1-15(19-8-3-16(22)13-20(19)23)24-14-21(27)26-11-9-25(10-12-26)17-4-6-18(28-2)7-5-17/h3-8,13,15,24H,9-12,14H2,1-2H3/t15-/m1/s1. The van der Waals surface area contributed by atoms with Gasteiger partial charge in [-0.05, 0) is 37.3 Å². The highest BCUT2D eigenvalue weighted by Gasteiger charge is 2.22. The van der Waals surface area contributed by atoms with Crippen molar-refractivity contribution in [2.75, 3.05) is 44.7 Å². The van der Waals surface area contributed by atoms with Gasteiger partial charge in [0.05, 0.1) is 13.7 Å². The van der Waals surface area contributed by atoms with Crippen LogP contribution in [0, 0.1) is 11.6 Å². The van der Waals surface area contributed by atoms with E-state index < -0.39 is 11.6 Å². The van der Waals surface area contributed by atoms with Crippen molar-refractivity contribution in [3.8, 4) is 5.75 Å². The third-order valence-electron chi connectivity index (χ3n) is 5.06. The SMILES string of the molecule is COc1ccc(N2CCN(C(=O)CN[C@H](C)c3ccc(F)cc3F)CC2)cc1. The number of halogens is 2. The van der Waals surface area contributed by atoms with Crippen molar-refractivity contribution in [1.29, 1.82) is 0 Å². The van der Waals surface area contributed by atoms with Gasteiger partial charge >= 0.3 is 0 Å². The van der Waals surface area contributed by atoms with Crippen molar-refractivity contribution >= 4 is 11.6 Å². The lowest BCUT2D eigenvalue weighted by atomic mass is 10.1. The number of benzene rings is 2. The molecule has 150 valence electrons. The molecule has 1 atom stereocenters. The van der Waals surface area contributed by atoms with Crippen molar-refractivity contribution in [3.63, 3.8) is 0 Å². The Balaban J connectivity index is 1.48. The van der Waals surface area contributed by atoms with Crippen LogP contribution in [0.5, 0.6) is 5.75 Å². The van der Waals surface area contributed by atoms with Crippen LogP contribution in [-0.4, -0.2) is 50.6 Å². The van der Waals surface area contributed by atoms with Crippen LogP contribution >= 0.6 is 0 Å². The molecule has 28 heavy (non-hydrogen) atoms. The van der Waals surface area contributed by atoms with Crippen molar-refractivity contribution in [2.45, 2.75) is 13.0 Å². The molecule has 5 nitrogen and oxygen atoms in total. The van der Waals surface area contributed by atoms with Crippen molar-refractivity contribution in [1.82, 2.24) is 10.2 Å². The smallest absolute Gasteiger partial charge is 0.236 e. The maximum absolute atomic E-state index is 13.8. The lowest BCUT2D eigenvalue weighted by Gasteiger charge is -2.36. The molecule has 0 saturated carbocycles. The van der Waals surface area contributed by atoms with E-state index in [0.717, 1.165) is 30.6 Å². The Morgan fingerprint density at radius 3 is 2.39 bits per heavy atom. The van der Waals surface area contributed by atoms with Gasteiger partial charge in [0.1, 0.15) is 17.4 Å². The molecule has 0 radical (unpaired) electrons. The zero-order valence-electron chi connectivity index (χ0n) is 16.1. The zero-order valence-corrected chi connectivity index (χ0v) is 16.1. The molecular formula is C21H25F2N3O2. The number of nitrogens with zero attached hydrogens (tertiary/aromatic N) is 2. The first kappa shape index (κ1) is 20.1. The minimum atomic E-state index is -0.612. The Hall–Kier alpha value is -2.67. The lowest BCUT2D eigenvalue weighted by Crippen LogP contribution is -2.51. The van der Waals surface area contributed by atoms with Gasteiger partial charge in [-0.1, -0.05) is 6.07 Å². The number of hydrogen-bond donors (Lipinski definition) is 1. The fraction of sp³-hybridized carbons (Fsp3) is 0.381. The Morgan fingerprint density at radius 2 is 1.79 bits per heavy atom. The van der Waals surface area contributed by atoms with Crippen LogP contribution in [0.15, 0.2) is 42.5 Å². The maximum Gasteiger partial charge on any atom is 0.236 e. The van der Waals surface area contributed by atoms with Crippen LogP contribution < -0.4 is 15.0 Å². The summed E-state index contributed by atoms with van der Waals surface area (Å²) in [5.41, 5.74) is 1.45. The Kier molecular flexibility index (Phi) is 6.46. The topological polar surface area (TPSA) is 44.8 Å². The average molecular weight is 389 g/mol. The summed E-state index contributed by atoms with van der Waals surface area (Å²) in [6.07, 6.45) is 0. The number of carbonyl (C=O) groups excluding carboxylic acids is 1. The summed E-state index contributed by atoms with van der Waals surface area (Å²) in [6.45, 7) is 4.63. The van der Waals surface area contributed by atoms with Crippen LogP contribution in [-0.2, 0) is 4.79 Å². The molecular weight excluding hydrogens is 364 g/mol. The number of anilines is 1. The van der Waals surface area contributed by atoms with Gasteiger partial charge in [0.15, 0.2) is 0 Å². The van der Waals surface area contributed by atoms with Gasteiger partial charge in [-0.15, -0.1) is 0 Å². The van der Waals surface area contributed by atoms with Gasteiger partial charge in [0, 0.05) is 49.5 Å². The number of carbonyl (C=O) groups is 1. The predicted octanol–water partition coefficient (Wildman–Crippen LogP) is 2.97. The van der Waals surface area contributed by atoms with Crippen molar-refractivity contribution < 1.29 is 18.3 Å². The highest BCUT2D eigenvalue weighted by molar-refractivity contribution is 5.78.